The first-order chi connectivity index (χ1) is 24.8. The second kappa shape index (κ2) is 16.3. The van der Waals surface area contributed by atoms with Crippen LogP contribution < -0.4 is 15.5 Å². The number of nitrogens with one attached hydrogen (secondary N) is 3. The van der Waals surface area contributed by atoms with Gasteiger partial charge in [-0.15, -0.1) is 0 Å². The summed E-state index contributed by atoms with van der Waals surface area (Å²) in [5.41, 5.74) is 9.98. The predicted molar refractivity (Wildman–Crippen MR) is 198 cm³/mol. The Morgan fingerprint density at radius 1 is 0.843 bits per heavy atom. The normalized spacial score (nSPS) is 12.3. The molecular weight excluding hydrogens is 646 g/mol. The fourth-order valence-corrected chi connectivity index (χ4v) is 6.22. The summed E-state index contributed by atoms with van der Waals surface area (Å²) in [7, 11) is 0. The van der Waals surface area contributed by atoms with Crippen LogP contribution in [0.4, 0.5) is 8.78 Å². The van der Waals surface area contributed by atoms with Gasteiger partial charge in [0.05, 0.1) is 24.0 Å². The molecule has 262 valence electrons. The third kappa shape index (κ3) is 8.36. The molecule has 2 atom stereocenters. The first-order valence-corrected chi connectivity index (χ1v) is 17.1. The first kappa shape index (κ1) is 35.1. The van der Waals surface area contributed by atoms with Gasteiger partial charge < -0.3 is 25.6 Å². The van der Waals surface area contributed by atoms with Crippen LogP contribution in [0.1, 0.15) is 66.6 Å². The highest BCUT2D eigenvalue weighted by atomic mass is 19.1. The maximum absolute atomic E-state index is 14.2. The minimum absolute atomic E-state index is 0.0785. The number of pyridine rings is 2. The fraction of sp³-hybridized carbons (Fsp3) is 0.220. The number of fused-ring (bicyclic) bond motifs is 2. The number of H-pyrrole nitrogens is 1. The van der Waals surface area contributed by atoms with Crippen molar-refractivity contribution < 1.29 is 18.6 Å². The average molecular weight is 689 g/mol. The number of aromatic amines is 1. The zero-order chi connectivity index (χ0) is 35.7. The van der Waals surface area contributed by atoms with Crippen LogP contribution in [0, 0.1) is 18.6 Å². The minimum Gasteiger partial charge on any atom is -0.508 e. The molecule has 0 fully saturated rings. The van der Waals surface area contributed by atoms with Crippen LogP contribution in [0.3, 0.4) is 0 Å². The molecule has 51 heavy (non-hydrogen) atoms. The number of ether oxygens (including phenoxy) is 1. The number of nitrogens with zero attached hydrogens (tertiary/aromatic N) is 3. The van der Waals surface area contributed by atoms with Gasteiger partial charge in [0.1, 0.15) is 29.7 Å². The summed E-state index contributed by atoms with van der Waals surface area (Å²) in [4.78, 5) is 10.8. The summed E-state index contributed by atoms with van der Waals surface area (Å²) in [6, 6.07) is 24.6. The standard InChI is InChI=1S/C24H24FN3O.C17H18FN3O/c1-3-23(20-11-12-26-14-22(20)25)27-28-15-17(2)21-13-19(9-10-24(21)28)29-16-18-7-5-4-6-8-18;1-2-16(13-5-6-19-10-15(13)18)20-8-11-9-21-17-4-3-12(22)7-14(11)17/h4-15,23,27H,3,16H2,1-2H3;3-7,9-10,16,20-22H,2,8H2,1H3. The van der Waals surface area contributed by atoms with E-state index in [0.717, 1.165) is 57.1 Å². The third-order valence-corrected chi connectivity index (χ3v) is 8.98. The molecule has 8 nitrogen and oxygen atoms in total. The van der Waals surface area contributed by atoms with Crippen molar-refractivity contribution >= 4 is 21.8 Å². The number of aryl methyl sites for hydroxylation is 1. The van der Waals surface area contributed by atoms with Gasteiger partial charge >= 0.3 is 0 Å². The molecule has 4 N–H and O–H groups in total. The monoisotopic (exact) mass is 688 g/mol. The Morgan fingerprint density at radius 3 is 2.24 bits per heavy atom. The summed E-state index contributed by atoms with van der Waals surface area (Å²) in [6.45, 7) is 7.23. The quantitative estimate of drug-likeness (QED) is 0.102. The van der Waals surface area contributed by atoms with E-state index in [1.165, 1.54) is 12.4 Å². The average Bonchev–Trinajstić information content (AvgIpc) is 3.70. The van der Waals surface area contributed by atoms with E-state index in [1.54, 1.807) is 36.7 Å². The molecule has 0 aliphatic carbocycles. The van der Waals surface area contributed by atoms with Crippen molar-refractivity contribution in [2.75, 3.05) is 5.43 Å². The van der Waals surface area contributed by atoms with Crippen molar-refractivity contribution in [3.63, 3.8) is 0 Å². The Morgan fingerprint density at radius 2 is 1.55 bits per heavy atom. The molecule has 0 saturated carbocycles. The van der Waals surface area contributed by atoms with Crippen LogP contribution in [0.15, 0.2) is 116 Å². The zero-order valence-corrected chi connectivity index (χ0v) is 28.9. The topological polar surface area (TPSA) is 100 Å². The lowest BCUT2D eigenvalue weighted by molar-refractivity contribution is 0.306. The molecule has 0 aliphatic heterocycles. The fourth-order valence-electron chi connectivity index (χ4n) is 6.22. The van der Waals surface area contributed by atoms with Gasteiger partial charge in [-0.25, -0.2) is 8.78 Å². The van der Waals surface area contributed by atoms with Crippen LogP contribution in [0.2, 0.25) is 0 Å². The number of hydrogen-bond donors (Lipinski definition) is 4. The smallest absolute Gasteiger partial charge is 0.146 e. The molecule has 0 bridgehead atoms. The molecule has 0 radical (unpaired) electrons. The van der Waals surface area contributed by atoms with E-state index < -0.39 is 0 Å². The van der Waals surface area contributed by atoms with Crippen molar-refractivity contribution in [3.8, 4) is 11.5 Å². The predicted octanol–water partition coefficient (Wildman–Crippen LogP) is 9.41. The number of halogens is 2. The highest BCUT2D eigenvalue weighted by Crippen LogP contribution is 2.29. The Labute approximate surface area is 296 Å². The largest absolute Gasteiger partial charge is 0.508 e. The molecule has 10 heteroatoms. The van der Waals surface area contributed by atoms with Crippen molar-refractivity contribution in [2.45, 2.75) is 58.8 Å². The maximum atomic E-state index is 14.2. The van der Waals surface area contributed by atoms with Crippen LogP contribution >= 0.6 is 0 Å². The number of phenols is 1. The molecule has 7 rings (SSSR count). The number of rotatable bonds is 12. The molecule has 4 aromatic heterocycles. The molecule has 7 aromatic rings. The molecule has 0 saturated heterocycles. The van der Waals surface area contributed by atoms with Crippen molar-refractivity contribution in [3.05, 3.63) is 155 Å². The maximum Gasteiger partial charge on any atom is 0.146 e. The summed E-state index contributed by atoms with van der Waals surface area (Å²) < 4.78 is 36.0. The SMILES string of the molecule is CCC(NCc1c[nH]c2ccc(O)cc12)c1ccncc1F.CCC(Nn1cc(C)c2cc(OCc3ccccc3)ccc21)c1ccncc1F. The summed E-state index contributed by atoms with van der Waals surface area (Å²) in [6.07, 6.45) is 11.2. The summed E-state index contributed by atoms with van der Waals surface area (Å²) >= 11 is 0. The number of phenolic OH excluding ortho intramolecular Hbond substituents is 1. The van der Waals surface area contributed by atoms with Gasteiger partial charge in [0.25, 0.3) is 0 Å². The van der Waals surface area contributed by atoms with E-state index in [-0.39, 0.29) is 29.5 Å². The van der Waals surface area contributed by atoms with Crippen LogP contribution in [-0.4, -0.2) is 24.7 Å². The zero-order valence-electron chi connectivity index (χ0n) is 28.9. The van der Waals surface area contributed by atoms with Gasteiger partial charge in [0.15, 0.2) is 0 Å². The van der Waals surface area contributed by atoms with Gasteiger partial charge in [0, 0.05) is 64.8 Å². The number of benzene rings is 3. The molecule has 4 heterocycles. The Hall–Kier alpha value is -5.74. The van der Waals surface area contributed by atoms with Crippen molar-refractivity contribution in [1.29, 1.82) is 0 Å². The lowest BCUT2D eigenvalue weighted by Gasteiger charge is -2.20. The van der Waals surface area contributed by atoms with Gasteiger partial charge in [-0.1, -0.05) is 44.2 Å². The van der Waals surface area contributed by atoms with Gasteiger partial charge in [-0.3, -0.25) is 14.6 Å². The molecule has 2 unspecified atom stereocenters. The summed E-state index contributed by atoms with van der Waals surface area (Å²) in [5, 5.41) is 15.1. The number of aromatic hydroxyl groups is 1. The van der Waals surface area contributed by atoms with Gasteiger partial charge in [0.2, 0.25) is 0 Å². The van der Waals surface area contributed by atoms with E-state index in [9.17, 15) is 13.9 Å². The minimum atomic E-state index is -0.295. The molecular formula is C41H42F2N6O2. The number of hydrogen-bond acceptors (Lipinski definition) is 6. The van der Waals surface area contributed by atoms with Gasteiger partial charge in [-0.05, 0) is 85.0 Å². The highest BCUT2D eigenvalue weighted by Gasteiger charge is 2.17. The van der Waals surface area contributed by atoms with Crippen molar-refractivity contribution in [2.24, 2.45) is 0 Å². The molecule has 0 spiro atoms. The second-order valence-electron chi connectivity index (χ2n) is 12.4. The van der Waals surface area contributed by atoms with E-state index in [1.807, 2.05) is 79.4 Å². The summed E-state index contributed by atoms with van der Waals surface area (Å²) in [5.74, 6) is 0.477. The Balaban J connectivity index is 0.000000183. The van der Waals surface area contributed by atoms with Gasteiger partial charge in [-0.2, -0.15) is 0 Å². The highest BCUT2D eigenvalue weighted by molar-refractivity contribution is 5.86. The lowest BCUT2D eigenvalue weighted by atomic mass is 10.0. The molecule has 0 amide bonds. The van der Waals surface area contributed by atoms with Crippen LogP contribution in [0.25, 0.3) is 21.8 Å². The lowest BCUT2D eigenvalue weighted by Crippen LogP contribution is -2.21. The van der Waals surface area contributed by atoms with E-state index >= 15 is 0 Å². The second-order valence-corrected chi connectivity index (χ2v) is 12.4. The molecule has 3 aromatic carbocycles. The van der Waals surface area contributed by atoms with E-state index in [2.05, 4.69) is 38.7 Å². The molecule has 0 aliphatic rings. The van der Waals surface area contributed by atoms with Crippen LogP contribution in [0.5, 0.6) is 11.5 Å². The van der Waals surface area contributed by atoms with E-state index in [4.69, 9.17) is 4.74 Å². The van der Waals surface area contributed by atoms with Crippen molar-refractivity contribution in [1.82, 2.24) is 24.9 Å². The Kier molecular flexibility index (Phi) is 11.2. The van der Waals surface area contributed by atoms with Crippen LogP contribution in [-0.2, 0) is 13.2 Å². The Bertz CT molecular complexity index is 2200. The van der Waals surface area contributed by atoms with E-state index in [0.29, 0.717) is 24.3 Å². The number of aromatic nitrogens is 4. The first-order valence-electron chi connectivity index (χ1n) is 17.1. The third-order valence-electron chi connectivity index (χ3n) is 8.98.